The van der Waals surface area contributed by atoms with E-state index in [1.54, 1.807) is 17.0 Å². The maximum atomic E-state index is 13.3. The highest BCUT2D eigenvalue weighted by Crippen LogP contribution is 2.36. The Bertz CT molecular complexity index is 1210. The number of benzene rings is 2. The van der Waals surface area contributed by atoms with Crippen LogP contribution >= 0.6 is 0 Å². The molecule has 1 aliphatic heterocycles. The first-order chi connectivity index (χ1) is 14.7. The number of rotatable bonds is 4. The van der Waals surface area contributed by atoms with E-state index in [0.717, 1.165) is 16.9 Å². The van der Waals surface area contributed by atoms with Crippen LogP contribution in [0.5, 0.6) is 0 Å². The summed E-state index contributed by atoms with van der Waals surface area (Å²) in [6.07, 6.45) is 1.58. The first-order valence-corrected chi connectivity index (χ1v) is 9.60. The molecule has 2 N–H and O–H groups in total. The highest BCUT2D eigenvalue weighted by molar-refractivity contribution is 6.06. The lowest BCUT2D eigenvalue weighted by Crippen LogP contribution is -2.31. The first kappa shape index (κ1) is 17.9. The molecule has 2 aromatic carbocycles. The number of fused-ring (bicyclic) bond motifs is 1. The lowest BCUT2D eigenvalue weighted by Gasteiger charge is -2.28. The van der Waals surface area contributed by atoms with E-state index in [1.807, 2.05) is 73.7 Å². The molecular formula is C23H19N5O2. The molecule has 1 atom stereocenters. The Hall–Kier alpha value is -4.13. The summed E-state index contributed by atoms with van der Waals surface area (Å²) in [5.41, 5.74) is 2.97. The van der Waals surface area contributed by atoms with Crippen LogP contribution in [0, 0.1) is 0 Å². The Labute approximate surface area is 173 Å². The number of nitrogens with zero attached hydrogens (tertiary/aromatic N) is 3. The molecule has 148 valence electrons. The number of hydrogen-bond acceptors (Lipinski definition) is 5. The van der Waals surface area contributed by atoms with Crippen LogP contribution in [-0.4, -0.2) is 20.7 Å². The van der Waals surface area contributed by atoms with Crippen LogP contribution in [0.25, 0.3) is 11.6 Å². The molecule has 5 rings (SSSR count). The minimum Gasteiger partial charge on any atom is -0.461 e. The molecule has 0 unspecified atom stereocenters. The minimum atomic E-state index is -0.428. The first-order valence-electron chi connectivity index (χ1n) is 9.60. The normalized spacial score (nSPS) is 15.4. The van der Waals surface area contributed by atoms with Crippen molar-refractivity contribution in [1.82, 2.24) is 14.8 Å². The van der Waals surface area contributed by atoms with E-state index >= 15 is 0 Å². The van der Waals surface area contributed by atoms with Gasteiger partial charge in [-0.3, -0.25) is 4.79 Å². The Morgan fingerprint density at radius 1 is 1.03 bits per heavy atom. The van der Waals surface area contributed by atoms with Gasteiger partial charge in [-0.05, 0) is 36.8 Å². The number of amides is 1. The summed E-state index contributed by atoms with van der Waals surface area (Å²) >= 11 is 0. The summed E-state index contributed by atoms with van der Waals surface area (Å²) in [6, 6.07) is 22.4. The average molecular weight is 397 g/mol. The van der Waals surface area contributed by atoms with Crippen LogP contribution in [0.4, 0.5) is 11.6 Å². The van der Waals surface area contributed by atoms with Gasteiger partial charge in [0.15, 0.2) is 5.76 Å². The fourth-order valence-corrected chi connectivity index (χ4v) is 3.62. The smallest absolute Gasteiger partial charge is 0.255 e. The molecule has 0 bridgehead atoms. The molecule has 30 heavy (non-hydrogen) atoms. The van der Waals surface area contributed by atoms with Crippen LogP contribution in [0.1, 0.15) is 18.5 Å². The molecule has 7 heteroatoms. The number of anilines is 2. The average Bonchev–Trinajstić information content (AvgIpc) is 3.44. The van der Waals surface area contributed by atoms with E-state index in [2.05, 4.69) is 20.7 Å². The predicted octanol–water partition coefficient (Wildman–Crippen LogP) is 4.47. The summed E-state index contributed by atoms with van der Waals surface area (Å²) in [5, 5.41) is 10.9. The Morgan fingerprint density at radius 2 is 1.77 bits per heavy atom. The highest BCUT2D eigenvalue weighted by atomic mass is 16.3. The van der Waals surface area contributed by atoms with Gasteiger partial charge in [0.1, 0.15) is 6.04 Å². The largest absolute Gasteiger partial charge is 0.461 e. The molecule has 0 spiro atoms. The van der Waals surface area contributed by atoms with E-state index in [1.165, 1.54) is 0 Å². The van der Waals surface area contributed by atoms with Gasteiger partial charge < -0.3 is 15.1 Å². The van der Waals surface area contributed by atoms with E-state index in [0.29, 0.717) is 23.1 Å². The summed E-state index contributed by atoms with van der Waals surface area (Å²) in [4.78, 5) is 17.9. The van der Waals surface area contributed by atoms with Gasteiger partial charge >= 0.3 is 0 Å². The molecule has 3 heterocycles. The molecule has 0 saturated carbocycles. The Kier molecular flexibility index (Phi) is 4.40. The standard InChI is InChI=1S/C23H19N5O2/c1-15-19(22(29)25-17-11-6-3-7-12-17)20(16-9-4-2-5-10-16)28-23(24-15)26-21(27-28)18-13-8-14-30-18/h2-14,20H,1H3,(H,25,29)(H,24,26,27)/t20-/m1/s1. The number of nitrogens with one attached hydrogen (secondary N) is 2. The minimum absolute atomic E-state index is 0.194. The third kappa shape index (κ3) is 3.16. The van der Waals surface area contributed by atoms with Crippen LogP contribution in [0.15, 0.2) is 94.7 Å². The summed E-state index contributed by atoms with van der Waals surface area (Å²) in [6.45, 7) is 1.88. The third-order valence-corrected chi connectivity index (χ3v) is 4.99. The molecule has 4 aromatic rings. The van der Waals surface area contributed by atoms with Gasteiger partial charge in [-0.25, -0.2) is 4.68 Å². The van der Waals surface area contributed by atoms with E-state index in [9.17, 15) is 4.79 Å². The fraction of sp³-hybridized carbons (Fsp3) is 0.0870. The zero-order valence-electron chi connectivity index (χ0n) is 16.2. The summed E-state index contributed by atoms with van der Waals surface area (Å²) in [5.74, 6) is 1.39. The van der Waals surface area contributed by atoms with Gasteiger partial charge in [0.25, 0.3) is 5.91 Å². The Morgan fingerprint density at radius 3 is 2.47 bits per heavy atom. The molecule has 0 aliphatic carbocycles. The summed E-state index contributed by atoms with van der Waals surface area (Å²) < 4.78 is 7.20. The molecular weight excluding hydrogens is 378 g/mol. The number of carbonyl (C=O) groups is 1. The molecule has 7 nitrogen and oxygen atoms in total. The third-order valence-electron chi connectivity index (χ3n) is 4.99. The molecule has 1 amide bonds. The predicted molar refractivity (Wildman–Crippen MR) is 114 cm³/mol. The number of carbonyl (C=O) groups excluding carboxylic acids is 1. The van der Waals surface area contributed by atoms with Gasteiger partial charge in [0.2, 0.25) is 11.8 Å². The van der Waals surface area contributed by atoms with Crippen LogP contribution < -0.4 is 10.6 Å². The SMILES string of the molecule is CC1=C(C(=O)Nc2ccccc2)[C@@H](c2ccccc2)n2nc(-c3ccco3)nc2N1. The Balaban J connectivity index is 1.60. The van der Waals surface area contributed by atoms with Gasteiger partial charge in [0, 0.05) is 11.4 Å². The zero-order chi connectivity index (χ0) is 20.5. The van der Waals surface area contributed by atoms with Crippen LogP contribution in [0.2, 0.25) is 0 Å². The van der Waals surface area contributed by atoms with E-state index in [4.69, 9.17) is 4.42 Å². The number of allylic oxidation sites excluding steroid dienone is 1. The van der Waals surface area contributed by atoms with Crippen molar-refractivity contribution >= 4 is 17.5 Å². The molecule has 1 aliphatic rings. The molecule has 0 saturated heterocycles. The second-order valence-electron chi connectivity index (χ2n) is 6.98. The topological polar surface area (TPSA) is 85.0 Å². The second kappa shape index (κ2) is 7.36. The lowest BCUT2D eigenvalue weighted by atomic mass is 9.95. The number of furan rings is 1. The van der Waals surface area contributed by atoms with Crippen molar-refractivity contribution < 1.29 is 9.21 Å². The number of para-hydroxylation sites is 1. The number of hydrogen-bond donors (Lipinski definition) is 2. The molecule has 2 aromatic heterocycles. The van der Waals surface area contributed by atoms with Gasteiger partial charge in [0.05, 0.1) is 11.8 Å². The second-order valence-corrected chi connectivity index (χ2v) is 6.98. The van der Waals surface area contributed by atoms with Crippen molar-refractivity contribution in [1.29, 1.82) is 0 Å². The van der Waals surface area contributed by atoms with Crippen LogP contribution in [0.3, 0.4) is 0 Å². The zero-order valence-corrected chi connectivity index (χ0v) is 16.2. The van der Waals surface area contributed by atoms with Crippen molar-refractivity contribution in [3.8, 4) is 11.6 Å². The quantitative estimate of drug-likeness (QED) is 0.531. The van der Waals surface area contributed by atoms with Gasteiger partial charge in [-0.2, -0.15) is 4.98 Å². The molecule has 0 radical (unpaired) electrons. The monoisotopic (exact) mass is 397 g/mol. The van der Waals surface area contributed by atoms with E-state index < -0.39 is 6.04 Å². The van der Waals surface area contributed by atoms with Crippen molar-refractivity contribution in [3.63, 3.8) is 0 Å². The maximum absolute atomic E-state index is 13.3. The van der Waals surface area contributed by atoms with Crippen molar-refractivity contribution in [2.24, 2.45) is 0 Å². The van der Waals surface area contributed by atoms with Crippen LogP contribution in [-0.2, 0) is 4.79 Å². The fourth-order valence-electron chi connectivity index (χ4n) is 3.62. The summed E-state index contributed by atoms with van der Waals surface area (Å²) in [7, 11) is 0. The van der Waals surface area contributed by atoms with Gasteiger partial charge in [-0.1, -0.05) is 48.5 Å². The van der Waals surface area contributed by atoms with Crippen molar-refractivity contribution in [2.45, 2.75) is 13.0 Å². The number of aromatic nitrogens is 3. The lowest BCUT2D eigenvalue weighted by molar-refractivity contribution is -0.113. The van der Waals surface area contributed by atoms with Gasteiger partial charge in [-0.15, -0.1) is 5.10 Å². The van der Waals surface area contributed by atoms with E-state index in [-0.39, 0.29) is 5.91 Å². The van der Waals surface area contributed by atoms with Crippen molar-refractivity contribution in [3.05, 3.63) is 95.9 Å². The van der Waals surface area contributed by atoms with Crippen molar-refractivity contribution in [2.75, 3.05) is 10.6 Å². The highest BCUT2D eigenvalue weighted by Gasteiger charge is 2.34. The molecule has 0 fully saturated rings. The maximum Gasteiger partial charge on any atom is 0.255 e.